The molecule has 0 aliphatic rings. The van der Waals surface area contributed by atoms with Crippen LogP contribution in [0.2, 0.25) is 0 Å². The van der Waals surface area contributed by atoms with E-state index in [9.17, 15) is 4.79 Å². The van der Waals surface area contributed by atoms with Crippen LogP contribution in [0.4, 0.5) is 4.79 Å². The van der Waals surface area contributed by atoms with Gasteiger partial charge < -0.3 is 10.6 Å². The molecule has 4 aromatic rings. The van der Waals surface area contributed by atoms with Gasteiger partial charge in [0.15, 0.2) is 0 Å². The van der Waals surface area contributed by atoms with Crippen LogP contribution in [0, 0.1) is 0 Å². The normalized spacial score (nSPS) is 11.9. The van der Waals surface area contributed by atoms with E-state index >= 15 is 0 Å². The molecule has 0 aliphatic carbocycles. The monoisotopic (exact) mass is 426 g/mol. The first-order valence-corrected chi connectivity index (χ1v) is 12.1. The first-order chi connectivity index (χ1) is 15.2. The van der Waals surface area contributed by atoms with E-state index in [1.165, 1.54) is 21.4 Å². The van der Waals surface area contributed by atoms with Crippen LogP contribution >= 0.6 is 7.92 Å². The zero-order valence-electron chi connectivity index (χ0n) is 17.7. The Morgan fingerprint density at radius 2 is 1.35 bits per heavy atom. The summed E-state index contributed by atoms with van der Waals surface area (Å²) in [5.41, 5.74) is 1.13. The number of fused-ring (bicyclic) bond motifs is 1. The number of rotatable bonds is 7. The molecule has 4 heteroatoms. The molecular formula is C27H27N2OP. The van der Waals surface area contributed by atoms with Crippen molar-refractivity contribution in [3.8, 4) is 0 Å². The van der Waals surface area contributed by atoms with Crippen LogP contribution in [-0.2, 0) is 0 Å². The molecule has 3 nitrogen and oxygen atoms in total. The highest BCUT2D eigenvalue weighted by Gasteiger charge is 2.15. The standard InChI is InChI=1S/C27H27N2OP/c1-21(25-18-10-12-22-11-8-9-17-26(22)25)29-27(30)28-19-20-31(23-13-4-2-5-14-23)24-15-6-3-7-16-24/h2-18,21H,19-20H2,1H3,(H2,28,29,30)/t21-/m1/s1. The number of carbonyl (C=O) groups excluding carboxylic acids is 1. The lowest BCUT2D eigenvalue weighted by Crippen LogP contribution is -2.38. The van der Waals surface area contributed by atoms with Crippen LogP contribution in [0.3, 0.4) is 0 Å². The Hall–Kier alpha value is -3.16. The van der Waals surface area contributed by atoms with E-state index < -0.39 is 7.92 Å². The lowest BCUT2D eigenvalue weighted by Gasteiger charge is -2.20. The largest absolute Gasteiger partial charge is 0.338 e. The van der Waals surface area contributed by atoms with Crippen molar-refractivity contribution < 1.29 is 4.79 Å². The summed E-state index contributed by atoms with van der Waals surface area (Å²) in [6.07, 6.45) is 0.902. The summed E-state index contributed by atoms with van der Waals surface area (Å²) in [6, 6.07) is 35.4. The summed E-state index contributed by atoms with van der Waals surface area (Å²) in [5.74, 6) is 0. The van der Waals surface area contributed by atoms with Crippen molar-refractivity contribution in [1.29, 1.82) is 0 Å². The molecule has 0 aromatic heterocycles. The second-order valence-electron chi connectivity index (χ2n) is 7.51. The Labute approximate surface area is 185 Å². The van der Waals surface area contributed by atoms with E-state index in [4.69, 9.17) is 0 Å². The van der Waals surface area contributed by atoms with Gasteiger partial charge in [-0.05, 0) is 48.0 Å². The molecule has 0 fully saturated rings. The number of hydrogen-bond acceptors (Lipinski definition) is 1. The second-order valence-corrected chi connectivity index (χ2v) is 9.85. The van der Waals surface area contributed by atoms with Crippen LogP contribution < -0.4 is 21.2 Å². The molecule has 2 N–H and O–H groups in total. The first-order valence-electron chi connectivity index (χ1n) is 10.6. The molecule has 2 amide bonds. The second kappa shape index (κ2) is 10.2. The molecule has 0 radical (unpaired) electrons. The minimum absolute atomic E-state index is 0.0733. The summed E-state index contributed by atoms with van der Waals surface area (Å²) >= 11 is 0. The highest BCUT2D eigenvalue weighted by molar-refractivity contribution is 7.73. The zero-order valence-corrected chi connectivity index (χ0v) is 18.6. The van der Waals surface area contributed by atoms with Gasteiger partial charge in [-0.3, -0.25) is 0 Å². The number of urea groups is 1. The van der Waals surface area contributed by atoms with Crippen LogP contribution in [0.25, 0.3) is 10.8 Å². The molecule has 1 atom stereocenters. The van der Waals surface area contributed by atoms with Gasteiger partial charge >= 0.3 is 6.03 Å². The van der Waals surface area contributed by atoms with E-state index in [0.717, 1.165) is 11.7 Å². The third-order valence-corrected chi connectivity index (χ3v) is 7.91. The van der Waals surface area contributed by atoms with Crippen molar-refractivity contribution >= 4 is 35.3 Å². The quantitative estimate of drug-likeness (QED) is 0.385. The molecule has 0 bridgehead atoms. The van der Waals surface area contributed by atoms with E-state index in [2.05, 4.69) is 83.4 Å². The van der Waals surface area contributed by atoms with Gasteiger partial charge in [0.2, 0.25) is 0 Å². The minimum atomic E-state index is -0.512. The maximum Gasteiger partial charge on any atom is 0.315 e. The highest BCUT2D eigenvalue weighted by atomic mass is 31.1. The van der Waals surface area contributed by atoms with Crippen LogP contribution in [0.5, 0.6) is 0 Å². The molecule has 4 aromatic carbocycles. The van der Waals surface area contributed by atoms with Gasteiger partial charge in [0.05, 0.1) is 6.04 Å². The van der Waals surface area contributed by atoms with Gasteiger partial charge in [-0.25, -0.2) is 4.79 Å². The molecular weight excluding hydrogens is 399 g/mol. The van der Waals surface area contributed by atoms with E-state index in [1.54, 1.807) is 0 Å². The molecule has 0 heterocycles. The molecule has 156 valence electrons. The fourth-order valence-corrected chi connectivity index (χ4v) is 6.07. The molecule has 4 rings (SSSR count). The van der Waals surface area contributed by atoms with Gasteiger partial charge in [0.25, 0.3) is 0 Å². The van der Waals surface area contributed by atoms with Crippen molar-refractivity contribution in [2.45, 2.75) is 13.0 Å². The topological polar surface area (TPSA) is 41.1 Å². The van der Waals surface area contributed by atoms with Crippen LogP contribution in [-0.4, -0.2) is 18.7 Å². The Morgan fingerprint density at radius 1 is 0.774 bits per heavy atom. The van der Waals surface area contributed by atoms with Crippen molar-refractivity contribution in [2.75, 3.05) is 12.7 Å². The fourth-order valence-electron chi connectivity index (χ4n) is 3.86. The lowest BCUT2D eigenvalue weighted by molar-refractivity contribution is 0.238. The SMILES string of the molecule is C[C@@H](NC(=O)NCCP(c1ccccc1)c1ccccc1)c1cccc2ccccc12. The Kier molecular flexibility index (Phi) is 6.96. The number of hydrogen-bond donors (Lipinski definition) is 2. The summed E-state index contributed by atoms with van der Waals surface area (Å²) in [6.45, 7) is 2.66. The molecule has 0 aliphatic heterocycles. The molecule has 0 unspecified atom stereocenters. The van der Waals surface area contributed by atoms with Crippen molar-refractivity contribution in [3.05, 3.63) is 109 Å². The zero-order chi connectivity index (χ0) is 21.5. The van der Waals surface area contributed by atoms with Crippen molar-refractivity contribution in [2.24, 2.45) is 0 Å². The number of carbonyl (C=O) groups is 1. The molecule has 0 saturated heterocycles. The third kappa shape index (κ3) is 5.31. The minimum Gasteiger partial charge on any atom is -0.338 e. The number of benzene rings is 4. The fraction of sp³-hybridized carbons (Fsp3) is 0.148. The van der Waals surface area contributed by atoms with E-state index in [0.29, 0.717) is 6.54 Å². The van der Waals surface area contributed by atoms with E-state index in [-0.39, 0.29) is 12.1 Å². The first kappa shape index (κ1) is 21.1. The Morgan fingerprint density at radius 3 is 2.03 bits per heavy atom. The van der Waals surface area contributed by atoms with Crippen molar-refractivity contribution in [3.63, 3.8) is 0 Å². The number of amides is 2. The van der Waals surface area contributed by atoms with Gasteiger partial charge in [-0.2, -0.15) is 0 Å². The maximum absolute atomic E-state index is 12.6. The molecule has 0 spiro atoms. The van der Waals surface area contributed by atoms with Gasteiger partial charge in [0, 0.05) is 6.54 Å². The highest BCUT2D eigenvalue weighted by Crippen LogP contribution is 2.32. The predicted molar refractivity (Wildman–Crippen MR) is 133 cm³/mol. The summed E-state index contributed by atoms with van der Waals surface area (Å²) in [5, 5.41) is 11.2. The smallest absolute Gasteiger partial charge is 0.315 e. The van der Waals surface area contributed by atoms with Gasteiger partial charge in [-0.15, -0.1) is 0 Å². The summed E-state index contributed by atoms with van der Waals surface area (Å²) in [7, 11) is -0.512. The Bertz CT molecular complexity index is 1090. The van der Waals surface area contributed by atoms with Gasteiger partial charge in [-0.1, -0.05) is 103 Å². The molecule has 31 heavy (non-hydrogen) atoms. The average molecular weight is 427 g/mol. The van der Waals surface area contributed by atoms with Crippen LogP contribution in [0.1, 0.15) is 18.5 Å². The third-order valence-electron chi connectivity index (χ3n) is 5.39. The predicted octanol–water partition coefficient (Wildman–Crippen LogP) is 5.33. The maximum atomic E-state index is 12.6. The summed E-state index contributed by atoms with van der Waals surface area (Å²) in [4.78, 5) is 12.6. The Balaban J connectivity index is 1.38. The average Bonchev–Trinajstić information content (AvgIpc) is 2.82. The summed E-state index contributed by atoms with van der Waals surface area (Å²) < 4.78 is 0. The molecule has 0 saturated carbocycles. The van der Waals surface area contributed by atoms with Crippen LogP contribution in [0.15, 0.2) is 103 Å². The lowest BCUT2D eigenvalue weighted by atomic mass is 10.00. The van der Waals surface area contributed by atoms with E-state index in [1.807, 2.05) is 37.3 Å². The van der Waals surface area contributed by atoms with Crippen molar-refractivity contribution in [1.82, 2.24) is 10.6 Å². The number of nitrogens with one attached hydrogen (secondary N) is 2. The van der Waals surface area contributed by atoms with Gasteiger partial charge in [0.1, 0.15) is 0 Å².